The third kappa shape index (κ3) is 3.45. The van der Waals surface area contributed by atoms with Crippen LogP contribution in [0.15, 0.2) is 18.2 Å². The predicted molar refractivity (Wildman–Crippen MR) is 81.0 cm³/mol. The second kappa shape index (κ2) is 6.97. The van der Waals surface area contributed by atoms with Crippen LogP contribution >= 0.6 is 0 Å². The van der Waals surface area contributed by atoms with Crippen LogP contribution in [0.25, 0.3) is 0 Å². The second-order valence-electron chi connectivity index (χ2n) is 4.81. The lowest BCUT2D eigenvalue weighted by Crippen LogP contribution is -2.22. The minimum Gasteiger partial charge on any atom is -0.324 e. The second-order valence-corrected chi connectivity index (χ2v) is 4.81. The zero-order chi connectivity index (χ0) is 15.2. The Morgan fingerprint density at radius 1 is 1.14 bits per heavy atom. The number of aryl methyl sites for hydroxylation is 3. The van der Waals surface area contributed by atoms with Crippen LogP contribution in [0.1, 0.15) is 37.7 Å². The first kappa shape index (κ1) is 15.2. The van der Waals surface area contributed by atoms with Gasteiger partial charge in [-0.3, -0.25) is 4.79 Å². The Kier molecular flexibility index (Phi) is 5.03. The lowest BCUT2D eigenvalue weighted by atomic mass is 10.0. The van der Waals surface area contributed by atoms with Gasteiger partial charge in [-0.1, -0.05) is 39.0 Å². The van der Waals surface area contributed by atoms with E-state index in [1.165, 1.54) is 4.68 Å². The predicted octanol–water partition coefficient (Wildman–Crippen LogP) is 2.00. The molecule has 1 amide bonds. The van der Waals surface area contributed by atoms with E-state index in [4.69, 9.17) is 0 Å². The number of amides is 1. The molecule has 0 radical (unpaired) electrons. The largest absolute Gasteiger partial charge is 0.324 e. The van der Waals surface area contributed by atoms with E-state index >= 15 is 0 Å². The maximum Gasteiger partial charge on any atom is 0.246 e. The van der Waals surface area contributed by atoms with Crippen LogP contribution in [0.5, 0.6) is 0 Å². The van der Waals surface area contributed by atoms with Crippen molar-refractivity contribution in [3.63, 3.8) is 0 Å². The molecule has 0 unspecified atom stereocenters. The number of nitrogens with zero attached hydrogens (tertiary/aromatic N) is 4. The number of aromatic nitrogens is 4. The number of hydrogen-bond acceptors (Lipinski definition) is 4. The van der Waals surface area contributed by atoms with Crippen molar-refractivity contribution in [3.8, 4) is 0 Å². The van der Waals surface area contributed by atoms with Gasteiger partial charge < -0.3 is 5.32 Å². The molecular formula is C15H21N5O. The van der Waals surface area contributed by atoms with E-state index in [0.29, 0.717) is 12.2 Å². The molecule has 0 fully saturated rings. The van der Waals surface area contributed by atoms with Gasteiger partial charge in [0.25, 0.3) is 0 Å². The van der Waals surface area contributed by atoms with E-state index in [1.807, 2.05) is 25.1 Å². The zero-order valence-corrected chi connectivity index (χ0v) is 12.8. The van der Waals surface area contributed by atoms with Crippen LogP contribution in [0, 0.1) is 0 Å². The standard InChI is InChI=1S/C15H21N5O/c1-4-11-8-7-9-12(5-2)15(11)16-14(21)10-20-13(6-3)17-18-19-20/h7-9H,4-6,10H2,1-3H3,(H,16,21). The molecule has 2 rings (SSSR count). The highest BCUT2D eigenvalue weighted by atomic mass is 16.2. The van der Waals surface area contributed by atoms with Gasteiger partial charge in [-0.2, -0.15) is 0 Å². The van der Waals surface area contributed by atoms with E-state index in [0.717, 1.165) is 29.7 Å². The van der Waals surface area contributed by atoms with Crippen molar-refractivity contribution in [2.75, 3.05) is 5.32 Å². The minimum atomic E-state index is -0.104. The molecule has 0 aliphatic carbocycles. The number of rotatable bonds is 6. The number of anilines is 1. The summed E-state index contributed by atoms with van der Waals surface area (Å²) < 4.78 is 1.54. The van der Waals surface area contributed by atoms with Crippen molar-refractivity contribution in [1.82, 2.24) is 20.2 Å². The number of hydrogen-bond donors (Lipinski definition) is 1. The first-order valence-corrected chi connectivity index (χ1v) is 7.35. The number of benzene rings is 1. The van der Waals surface area contributed by atoms with Crippen LogP contribution in [0.3, 0.4) is 0 Å². The number of carbonyl (C=O) groups is 1. The van der Waals surface area contributed by atoms with Gasteiger partial charge in [0.15, 0.2) is 5.82 Å². The molecule has 1 N–H and O–H groups in total. The Hall–Kier alpha value is -2.24. The van der Waals surface area contributed by atoms with E-state index < -0.39 is 0 Å². The molecule has 0 spiro atoms. The molecule has 0 saturated heterocycles. The summed E-state index contributed by atoms with van der Waals surface area (Å²) >= 11 is 0. The van der Waals surface area contributed by atoms with Crippen LogP contribution < -0.4 is 5.32 Å². The smallest absolute Gasteiger partial charge is 0.246 e. The fourth-order valence-electron chi connectivity index (χ4n) is 2.32. The number of nitrogens with one attached hydrogen (secondary N) is 1. The van der Waals surface area contributed by atoms with Crippen LogP contribution in [0.4, 0.5) is 5.69 Å². The summed E-state index contributed by atoms with van der Waals surface area (Å²) in [4.78, 5) is 12.3. The summed E-state index contributed by atoms with van der Waals surface area (Å²) in [5.41, 5.74) is 3.23. The van der Waals surface area contributed by atoms with Gasteiger partial charge >= 0.3 is 0 Å². The Labute approximate surface area is 124 Å². The van der Waals surface area contributed by atoms with E-state index in [-0.39, 0.29) is 12.5 Å². The fourth-order valence-corrected chi connectivity index (χ4v) is 2.32. The molecule has 1 aromatic carbocycles. The Balaban J connectivity index is 2.16. The minimum absolute atomic E-state index is 0.104. The Morgan fingerprint density at radius 2 is 1.81 bits per heavy atom. The van der Waals surface area contributed by atoms with E-state index in [2.05, 4.69) is 34.7 Å². The number of para-hydroxylation sites is 1. The summed E-state index contributed by atoms with van der Waals surface area (Å²) in [6.45, 7) is 6.26. The first-order chi connectivity index (χ1) is 10.2. The van der Waals surface area contributed by atoms with Crippen molar-refractivity contribution in [2.24, 2.45) is 0 Å². The maximum atomic E-state index is 12.3. The molecule has 0 aliphatic heterocycles. The summed E-state index contributed by atoms with van der Waals surface area (Å²) in [6.07, 6.45) is 2.47. The van der Waals surface area contributed by atoms with Gasteiger partial charge in [-0.05, 0) is 34.4 Å². The Bertz CT molecular complexity index is 598. The van der Waals surface area contributed by atoms with Crippen molar-refractivity contribution in [1.29, 1.82) is 0 Å². The normalized spacial score (nSPS) is 10.6. The third-order valence-electron chi connectivity index (χ3n) is 3.48. The van der Waals surface area contributed by atoms with E-state index in [1.54, 1.807) is 0 Å². The SMILES string of the molecule is CCc1cccc(CC)c1NC(=O)Cn1nnnc1CC. The van der Waals surface area contributed by atoms with Gasteiger partial charge in [0.1, 0.15) is 6.54 Å². The molecule has 112 valence electrons. The summed E-state index contributed by atoms with van der Waals surface area (Å²) in [5, 5.41) is 14.4. The maximum absolute atomic E-state index is 12.3. The lowest BCUT2D eigenvalue weighted by molar-refractivity contribution is -0.117. The van der Waals surface area contributed by atoms with Gasteiger partial charge in [0, 0.05) is 12.1 Å². The van der Waals surface area contributed by atoms with Crippen molar-refractivity contribution >= 4 is 11.6 Å². The average molecular weight is 287 g/mol. The molecule has 2 aromatic rings. The third-order valence-corrected chi connectivity index (χ3v) is 3.48. The van der Waals surface area contributed by atoms with Crippen molar-refractivity contribution < 1.29 is 4.79 Å². The molecular weight excluding hydrogens is 266 g/mol. The highest BCUT2D eigenvalue weighted by Gasteiger charge is 2.12. The topological polar surface area (TPSA) is 72.7 Å². The molecule has 0 aliphatic rings. The average Bonchev–Trinajstić information content (AvgIpc) is 2.94. The van der Waals surface area contributed by atoms with Crippen LogP contribution in [-0.4, -0.2) is 26.1 Å². The molecule has 0 bridgehead atoms. The lowest BCUT2D eigenvalue weighted by Gasteiger charge is -2.14. The van der Waals surface area contributed by atoms with Crippen molar-refractivity contribution in [2.45, 2.75) is 46.6 Å². The fraction of sp³-hybridized carbons (Fsp3) is 0.467. The first-order valence-electron chi connectivity index (χ1n) is 7.35. The van der Waals surface area contributed by atoms with Gasteiger partial charge in [0.2, 0.25) is 5.91 Å². The van der Waals surface area contributed by atoms with Gasteiger partial charge in [-0.15, -0.1) is 5.10 Å². The van der Waals surface area contributed by atoms with Crippen LogP contribution in [-0.2, 0) is 30.6 Å². The zero-order valence-electron chi connectivity index (χ0n) is 12.8. The van der Waals surface area contributed by atoms with Crippen molar-refractivity contribution in [3.05, 3.63) is 35.2 Å². The number of tetrazole rings is 1. The van der Waals surface area contributed by atoms with E-state index in [9.17, 15) is 4.79 Å². The molecule has 6 heteroatoms. The van der Waals surface area contributed by atoms with Gasteiger partial charge in [-0.25, -0.2) is 4.68 Å². The molecule has 1 heterocycles. The van der Waals surface area contributed by atoms with Gasteiger partial charge in [0.05, 0.1) is 0 Å². The van der Waals surface area contributed by atoms with Crippen LogP contribution in [0.2, 0.25) is 0 Å². The summed E-state index contributed by atoms with van der Waals surface area (Å²) in [6, 6.07) is 6.12. The summed E-state index contributed by atoms with van der Waals surface area (Å²) in [7, 11) is 0. The Morgan fingerprint density at radius 3 is 2.38 bits per heavy atom. The highest BCUT2D eigenvalue weighted by molar-refractivity contribution is 5.92. The molecule has 6 nitrogen and oxygen atoms in total. The molecule has 21 heavy (non-hydrogen) atoms. The molecule has 1 aromatic heterocycles. The highest BCUT2D eigenvalue weighted by Crippen LogP contribution is 2.22. The quantitative estimate of drug-likeness (QED) is 0.882. The molecule has 0 saturated carbocycles. The molecule has 0 atom stereocenters. The monoisotopic (exact) mass is 287 g/mol. The number of carbonyl (C=O) groups excluding carboxylic acids is 1. The summed E-state index contributed by atoms with van der Waals surface area (Å²) in [5.74, 6) is 0.609.